The van der Waals surface area contributed by atoms with E-state index in [1.54, 1.807) is 0 Å². The molecule has 1 nitrogen and oxygen atoms in total. The van der Waals surface area contributed by atoms with Crippen LogP contribution in [0.15, 0.2) is 22.7 Å². The smallest absolute Gasteiger partial charge is 0.0210 e. The van der Waals surface area contributed by atoms with Gasteiger partial charge in [0.05, 0.1) is 0 Å². The van der Waals surface area contributed by atoms with E-state index in [4.69, 9.17) is 5.73 Å². The zero-order chi connectivity index (χ0) is 11.1. The maximum atomic E-state index is 6.10. The van der Waals surface area contributed by atoms with E-state index in [9.17, 15) is 0 Å². The predicted octanol–water partition coefficient (Wildman–Crippen LogP) is 3.61. The molecule has 0 bridgehead atoms. The van der Waals surface area contributed by atoms with E-state index in [-0.39, 0.29) is 5.54 Å². The van der Waals surface area contributed by atoms with Crippen LogP contribution in [0.5, 0.6) is 0 Å². The Hall–Kier alpha value is -0.340. The number of rotatable bonds is 2. The molecule has 0 saturated carbocycles. The molecule has 0 aromatic heterocycles. The molecule has 15 heavy (non-hydrogen) atoms. The van der Waals surface area contributed by atoms with E-state index in [0.29, 0.717) is 5.92 Å². The van der Waals surface area contributed by atoms with Crippen LogP contribution >= 0.6 is 15.9 Å². The molecular weight excluding hydrogens is 250 g/mol. The van der Waals surface area contributed by atoms with Gasteiger partial charge in [-0.25, -0.2) is 0 Å². The van der Waals surface area contributed by atoms with E-state index >= 15 is 0 Å². The quantitative estimate of drug-likeness (QED) is 0.871. The molecule has 1 unspecified atom stereocenters. The monoisotopic (exact) mass is 267 g/mol. The predicted molar refractivity (Wildman–Crippen MR) is 68.1 cm³/mol. The number of benzene rings is 1. The molecule has 0 spiro atoms. The van der Waals surface area contributed by atoms with Gasteiger partial charge in [-0.1, -0.05) is 28.1 Å². The summed E-state index contributed by atoms with van der Waals surface area (Å²) in [4.78, 5) is 0. The third-order valence-electron chi connectivity index (χ3n) is 3.11. The Morgan fingerprint density at radius 2 is 2.20 bits per heavy atom. The summed E-state index contributed by atoms with van der Waals surface area (Å²) in [6.45, 7) is 4.23. The number of nitrogens with two attached hydrogens (primary N) is 1. The molecule has 1 atom stereocenters. The van der Waals surface area contributed by atoms with Crippen LogP contribution in [0.2, 0.25) is 0 Å². The van der Waals surface area contributed by atoms with Gasteiger partial charge in [-0.05, 0) is 56.2 Å². The molecule has 1 aromatic carbocycles. The second-order valence-electron chi connectivity index (χ2n) is 5.24. The zero-order valence-electron chi connectivity index (χ0n) is 9.39. The fourth-order valence-electron chi connectivity index (χ4n) is 2.54. The molecule has 0 fully saturated rings. The van der Waals surface area contributed by atoms with E-state index in [0.717, 1.165) is 6.42 Å². The Labute approximate surface area is 100 Å². The highest BCUT2D eigenvalue weighted by Crippen LogP contribution is 2.40. The zero-order valence-corrected chi connectivity index (χ0v) is 11.0. The van der Waals surface area contributed by atoms with Crippen molar-refractivity contribution in [2.24, 2.45) is 5.73 Å². The third kappa shape index (κ3) is 2.43. The first kappa shape index (κ1) is 11.2. The van der Waals surface area contributed by atoms with Crippen molar-refractivity contribution in [2.45, 2.75) is 44.6 Å². The molecule has 1 aliphatic carbocycles. The lowest BCUT2D eigenvalue weighted by atomic mass is 9.88. The maximum absolute atomic E-state index is 6.10. The molecular formula is C13H18BrN. The summed E-state index contributed by atoms with van der Waals surface area (Å²) in [6.07, 6.45) is 3.52. The number of hydrogen-bond donors (Lipinski definition) is 1. The molecule has 2 rings (SSSR count). The first-order valence-electron chi connectivity index (χ1n) is 5.53. The van der Waals surface area contributed by atoms with Crippen LogP contribution in [-0.4, -0.2) is 5.54 Å². The van der Waals surface area contributed by atoms with Gasteiger partial charge in [-0.3, -0.25) is 0 Å². The summed E-state index contributed by atoms with van der Waals surface area (Å²) in [5.41, 5.74) is 9.03. The molecule has 82 valence electrons. The van der Waals surface area contributed by atoms with Crippen LogP contribution in [0, 0.1) is 0 Å². The van der Waals surface area contributed by atoms with E-state index in [2.05, 4.69) is 48.0 Å². The largest absolute Gasteiger partial charge is 0.326 e. The average Bonchev–Trinajstić information content (AvgIpc) is 2.48. The first-order valence-corrected chi connectivity index (χ1v) is 6.33. The minimum Gasteiger partial charge on any atom is -0.326 e. The highest BCUT2D eigenvalue weighted by Gasteiger charge is 2.27. The van der Waals surface area contributed by atoms with Gasteiger partial charge < -0.3 is 5.73 Å². The Balaban J connectivity index is 2.26. The van der Waals surface area contributed by atoms with Gasteiger partial charge in [0.25, 0.3) is 0 Å². The van der Waals surface area contributed by atoms with Crippen molar-refractivity contribution in [2.75, 3.05) is 0 Å². The summed E-state index contributed by atoms with van der Waals surface area (Å²) >= 11 is 3.62. The van der Waals surface area contributed by atoms with Gasteiger partial charge in [0, 0.05) is 10.0 Å². The van der Waals surface area contributed by atoms with Crippen LogP contribution in [0.25, 0.3) is 0 Å². The molecule has 1 aliphatic rings. The number of fused-ring (bicyclic) bond motifs is 1. The molecule has 2 heteroatoms. The Morgan fingerprint density at radius 3 is 2.87 bits per heavy atom. The van der Waals surface area contributed by atoms with Crippen molar-refractivity contribution in [1.29, 1.82) is 0 Å². The van der Waals surface area contributed by atoms with Crippen molar-refractivity contribution < 1.29 is 0 Å². The van der Waals surface area contributed by atoms with Crippen LogP contribution in [0.1, 0.15) is 43.7 Å². The van der Waals surface area contributed by atoms with Gasteiger partial charge in [0.1, 0.15) is 0 Å². The van der Waals surface area contributed by atoms with Crippen molar-refractivity contribution >= 4 is 15.9 Å². The SMILES string of the molecule is CC(C)(N)CC1CCc2c(Br)cccc21. The minimum atomic E-state index is -0.0609. The summed E-state index contributed by atoms with van der Waals surface area (Å²) in [7, 11) is 0. The standard InChI is InChI=1S/C13H18BrN/c1-13(2,15)8-9-6-7-11-10(9)4-3-5-12(11)14/h3-5,9H,6-8,15H2,1-2H3. The summed E-state index contributed by atoms with van der Waals surface area (Å²) < 4.78 is 1.26. The van der Waals surface area contributed by atoms with E-state index in [1.165, 1.54) is 28.4 Å². The summed E-state index contributed by atoms with van der Waals surface area (Å²) in [5.74, 6) is 0.650. The number of hydrogen-bond acceptors (Lipinski definition) is 1. The first-order chi connectivity index (χ1) is 6.97. The van der Waals surface area contributed by atoms with Crippen LogP contribution in [-0.2, 0) is 6.42 Å². The lowest BCUT2D eigenvalue weighted by Crippen LogP contribution is -2.33. The summed E-state index contributed by atoms with van der Waals surface area (Å²) in [5, 5.41) is 0. The summed E-state index contributed by atoms with van der Waals surface area (Å²) in [6, 6.07) is 6.52. The Bertz CT molecular complexity index is 365. The second-order valence-corrected chi connectivity index (χ2v) is 6.09. The van der Waals surface area contributed by atoms with Gasteiger partial charge in [-0.2, -0.15) is 0 Å². The molecule has 0 heterocycles. The van der Waals surface area contributed by atoms with Gasteiger partial charge >= 0.3 is 0 Å². The van der Waals surface area contributed by atoms with Crippen LogP contribution in [0.3, 0.4) is 0 Å². The lowest BCUT2D eigenvalue weighted by molar-refractivity contribution is 0.422. The van der Waals surface area contributed by atoms with Gasteiger partial charge in [0.2, 0.25) is 0 Å². The normalized spacial score (nSPS) is 20.4. The van der Waals surface area contributed by atoms with Crippen molar-refractivity contribution in [3.05, 3.63) is 33.8 Å². The topological polar surface area (TPSA) is 26.0 Å². The lowest BCUT2D eigenvalue weighted by Gasteiger charge is -2.23. The molecule has 0 saturated heterocycles. The Kier molecular flexibility index (Phi) is 2.91. The van der Waals surface area contributed by atoms with Crippen molar-refractivity contribution in [3.8, 4) is 0 Å². The van der Waals surface area contributed by atoms with E-state index < -0.39 is 0 Å². The molecule has 0 radical (unpaired) electrons. The fourth-order valence-corrected chi connectivity index (χ4v) is 3.12. The van der Waals surface area contributed by atoms with Gasteiger partial charge in [0.15, 0.2) is 0 Å². The van der Waals surface area contributed by atoms with Crippen molar-refractivity contribution in [1.82, 2.24) is 0 Å². The fraction of sp³-hybridized carbons (Fsp3) is 0.538. The highest BCUT2D eigenvalue weighted by atomic mass is 79.9. The minimum absolute atomic E-state index is 0.0609. The molecule has 1 aromatic rings. The third-order valence-corrected chi connectivity index (χ3v) is 3.85. The van der Waals surface area contributed by atoms with Gasteiger partial charge in [-0.15, -0.1) is 0 Å². The Morgan fingerprint density at radius 1 is 1.47 bits per heavy atom. The maximum Gasteiger partial charge on any atom is 0.0210 e. The molecule has 0 amide bonds. The van der Waals surface area contributed by atoms with Crippen molar-refractivity contribution in [3.63, 3.8) is 0 Å². The second kappa shape index (κ2) is 3.91. The highest BCUT2D eigenvalue weighted by molar-refractivity contribution is 9.10. The number of halogens is 1. The average molecular weight is 268 g/mol. The van der Waals surface area contributed by atoms with Crippen LogP contribution < -0.4 is 5.73 Å². The van der Waals surface area contributed by atoms with E-state index in [1.807, 2.05) is 0 Å². The molecule has 0 aliphatic heterocycles. The van der Waals surface area contributed by atoms with Crippen LogP contribution in [0.4, 0.5) is 0 Å². The molecule has 2 N–H and O–H groups in total.